The monoisotopic (exact) mass is 582 g/mol. The van der Waals surface area contributed by atoms with Gasteiger partial charge in [0.05, 0.1) is 12.2 Å². The first-order valence-electron chi connectivity index (χ1n) is 14.9. The Morgan fingerprint density at radius 1 is 1.10 bits per heavy atom. The number of carbonyl (C=O) groups excluding carboxylic acids is 1. The molecule has 8 heteroatoms. The minimum atomic E-state index is -1.01. The molecule has 2 aliphatic rings. The highest BCUT2D eigenvalue weighted by atomic mass is 32.2. The van der Waals surface area contributed by atoms with Gasteiger partial charge < -0.3 is 19.9 Å². The molecule has 2 aromatic rings. The standard InChI is InChI=1S/C33H46N2O5S/c1-22-10-8-9-13-26(22)28-18-23(14-15-27(28)32(36)34-29(33(37)38)16-17-41-4)20-35-21-25(39-2)19-30(35)31(40-3)24-11-6-5-7-12-24/h8-10,13-15,18,24-25,29-31H,5-7,11-12,16-17,19-21H2,1-4H3,(H,34,36)(H,37,38)/t25-,29+,30+,31?/m1/s1. The molecule has 1 heterocycles. The predicted octanol–water partition coefficient (Wildman–Crippen LogP) is 5.78. The molecule has 0 bridgehead atoms. The van der Waals surface area contributed by atoms with Crippen molar-refractivity contribution in [3.05, 3.63) is 59.2 Å². The molecule has 7 nitrogen and oxygen atoms in total. The molecule has 224 valence electrons. The lowest BCUT2D eigenvalue weighted by Gasteiger charge is -2.37. The van der Waals surface area contributed by atoms with Crippen molar-refractivity contribution in [2.24, 2.45) is 5.92 Å². The van der Waals surface area contributed by atoms with Gasteiger partial charge >= 0.3 is 5.97 Å². The van der Waals surface area contributed by atoms with Crippen molar-refractivity contribution < 1.29 is 24.2 Å². The average molecular weight is 583 g/mol. The molecular formula is C33H46N2O5S. The van der Waals surface area contributed by atoms with Crippen LogP contribution in [-0.2, 0) is 20.8 Å². The number of amides is 1. The molecule has 4 rings (SSSR count). The molecule has 4 atom stereocenters. The van der Waals surface area contributed by atoms with Gasteiger partial charge in [-0.15, -0.1) is 0 Å². The number of hydrogen-bond donors (Lipinski definition) is 2. The molecule has 0 radical (unpaired) electrons. The first-order chi connectivity index (χ1) is 19.9. The van der Waals surface area contributed by atoms with E-state index in [1.807, 2.05) is 56.7 Å². The molecule has 1 amide bonds. The fourth-order valence-electron chi connectivity index (χ4n) is 6.66. The van der Waals surface area contributed by atoms with Crippen LogP contribution in [0.2, 0.25) is 0 Å². The second-order valence-corrected chi connectivity index (χ2v) is 12.5. The van der Waals surface area contributed by atoms with E-state index in [4.69, 9.17) is 9.47 Å². The van der Waals surface area contributed by atoms with Gasteiger partial charge in [0, 0.05) is 38.9 Å². The second-order valence-electron chi connectivity index (χ2n) is 11.5. The third kappa shape index (κ3) is 7.92. The van der Waals surface area contributed by atoms with Crippen LogP contribution in [0.5, 0.6) is 0 Å². The van der Waals surface area contributed by atoms with Gasteiger partial charge in [0.15, 0.2) is 0 Å². The summed E-state index contributed by atoms with van der Waals surface area (Å²) in [6.45, 7) is 3.60. The smallest absolute Gasteiger partial charge is 0.326 e. The number of carboxylic acids is 1. The van der Waals surface area contributed by atoms with Crippen LogP contribution in [0.4, 0.5) is 0 Å². The van der Waals surface area contributed by atoms with Crippen molar-refractivity contribution in [2.75, 3.05) is 32.8 Å². The molecule has 0 spiro atoms. The van der Waals surface area contributed by atoms with Gasteiger partial charge in [0.2, 0.25) is 0 Å². The molecule has 1 unspecified atom stereocenters. The van der Waals surface area contributed by atoms with Crippen LogP contribution in [-0.4, -0.2) is 78.9 Å². The van der Waals surface area contributed by atoms with Gasteiger partial charge in [0.1, 0.15) is 6.04 Å². The summed E-state index contributed by atoms with van der Waals surface area (Å²) in [5.74, 6) is -0.152. The number of aryl methyl sites for hydroxylation is 1. The van der Waals surface area contributed by atoms with Crippen LogP contribution in [0.3, 0.4) is 0 Å². The van der Waals surface area contributed by atoms with E-state index in [-0.39, 0.29) is 24.2 Å². The number of methoxy groups -OCH3 is 2. The van der Waals surface area contributed by atoms with Gasteiger partial charge in [-0.25, -0.2) is 4.79 Å². The summed E-state index contributed by atoms with van der Waals surface area (Å²) >= 11 is 1.57. The third-order valence-electron chi connectivity index (χ3n) is 8.87. The number of aliphatic carboxylic acids is 1. The van der Waals surface area contributed by atoms with E-state index < -0.39 is 12.0 Å². The lowest BCUT2D eigenvalue weighted by Crippen LogP contribution is -2.44. The summed E-state index contributed by atoms with van der Waals surface area (Å²) in [6.07, 6.45) is 9.88. The lowest BCUT2D eigenvalue weighted by atomic mass is 9.81. The zero-order valence-corrected chi connectivity index (χ0v) is 25.8. The number of benzene rings is 2. The summed E-state index contributed by atoms with van der Waals surface area (Å²) in [6, 6.07) is 13.3. The van der Waals surface area contributed by atoms with Crippen molar-refractivity contribution >= 4 is 23.6 Å². The molecule has 1 saturated heterocycles. The van der Waals surface area contributed by atoms with Gasteiger partial charge in [-0.1, -0.05) is 49.6 Å². The largest absolute Gasteiger partial charge is 0.480 e. The zero-order valence-electron chi connectivity index (χ0n) is 24.9. The van der Waals surface area contributed by atoms with Crippen molar-refractivity contribution in [1.82, 2.24) is 10.2 Å². The Morgan fingerprint density at radius 3 is 2.51 bits per heavy atom. The predicted molar refractivity (Wildman–Crippen MR) is 165 cm³/mol. The van der Waals surface area contributed by atoms with Crippen molar-refractivity contribution in [2.45, 2.75) is 82.7 Å². The zero-order chi connectivity index (χ0) is 29.4. The summed E-state index contributed by atoms with van der Waals surface area (Å²) in [7, 11) is 3.64. The van der Waals surface area contributed by atoms with Crippen LogP contribution in [0.1, 0.15) is 66.4 Å². The van der Waals surface area contributed by atoms with Gasteiger partial charge in [0.25, 0.3) is 5.91 Å². The van der Waals surface area contributed by atoms with E-state index in [2.05, 4.69) is 16.3 Å². The van der Waals surface area contributed by atoms with E-state index >= 15 is 0 Å². The Bertz CT molecular complexity index is 1170. The van der Waals surface area contributed by atoms with Crippen LogP contribution >= 0.6 is 11.8 Å². The maximum atomic E-state index is 13.5. The average Bonchev–Trinajstić information content (AvgIpc) is 3.38. The number of likely N-dealkylation sites (tertiary alicyclic amines) is 1. The van der Waals surface area contributed by atoms with Gasteiger partial charge in [-0.2, -0.15) is 11.8 Å². The maximum Gasteiger partial charge on any atom is 0.326 e. The van der Waals surface area contributed by atoms with Crippen LogP contribution in [0.15, 0.2) is 42.5 Å². The Kier molecular flexibility index (Phi) is 11.7. The van der Waals surface area contributed by atoms with E-state index in [0.717, 1.165) is 41.8 Å². The molecular weight excluding hydrogens is 536 g/mol. The highest BCUT2D eigenvalue weighted by Crippen LogP contribution is 2.36. The maximum absolute atomic E-state index is 13.5. The number of nitrogens with one attached hydrogen (secondary N) is 1. The first-order valence-corrected chi connectivity index (χ1v) is 16.3. The fraction of sp³-hybridized carbons (Fsp3) is 0.576. The highest BCUT2D eigenvalue weighted by Gasteiger charge is 2.41. The molecule has 1 aliphatic heterocycles. The fourth-order valence-corrected chi connectivity index (χ4v) is 7.13. The van der Waals surface area contributed by atoms with Crippen LogP contribution in [0.25, 0.3) is 11.1 Å². The molecule has 2 aromatic carbocycles. The Labute approximate surface area is 249 Å². The van der Waals surface area contributed by atoms with Gasteiger partial charge in [-0.3, -0.25) is 9.69 Å². The molecule has 1 aliphatic carbocycles. The Morgan fingerprint density at radius 2 is 1.85 bits per heavy atom. The van der Waals surface area contributed by atoms with E-state index in [0.29, 0.717) is 23.7 Å². The highest BCUT2D eigenvalue weighted by molar-refractivity contribution is 7.98. The van der Waals surface area contributed by atoms with E-state index in [1.54, 1.807) is 18.9 Å². The molecule has 1 saturated carbocycles. The van der Waals surface area contributed by atoms with E-state index in [9.17, 15) is 14.7 Å². The molecule has 2 N–H and O–H groups in total. The number of thioether (sulfide) groups is 1. The SMILES string of the molecule is COC(C1CCCCC1)[C@@H]1C[C@@H](OC)CN1Cc1ccc(C(=O)N[C@@H](CCSC)C(=O)O)c(-c2ccccc2C)c1. The summed E-state index contributed by atoms with van der Waals surface area (Å²) < 4.78 is 12.0. The summed E-state index contributed by atoms with van der Waals surface area (Å²) in [5, 5.41) is 12.5. The number of carbonyl (C=O) groups is 2. The van der Waals surface area contributed by atoms with Crippen molar-refractivity contribution in [3.63, 3.8) is 0 Å². The number of rotatable bonds is 13. The quantitative estimate of drug-likeness (QED) is 0.309. The normalized spacial score (nSPS) is 21.5. The van der Waals surface area contributed by atoms with Crippen molar-refractivity contribution in [1.29, 1.82) is 0 Å². The van der Waals surface area contributed by atoms with Crippen LogP contribution in [0, 0.1) is 12.8 Å². The molecule has 41 heavy (non-hydrogen) atoms. The molecule has 0 aromatic heterocycles. The second kappa shape index (κ2) is 15.2. The third-order valence-corrected chi connectivity index (χ3v) is 9.52. The Balaban J connectivity index is 1.64. The van der Waals surface area contributed by atoms with Crippen molar-refractivity contribution in [3.8, 4) is 11.1 Å². The summed E-state index contributed by atoms with van der Waals surface area (Å²) in [4.78, 5) is 27.8. The topological polar surface area (TPSA) is 88.1 Å². The first kappa shape index (κ1) is 31.5. The number of hydrogen-bond acceptors (Lipinski definition) is 6. The number of carboxylic acid groups (broad SMARTS) is 1. The minimum Gasteiger partial charge on any atom is -0.480 e. The number of ether oxygens (including phenoxy) is 2. The minimum absolute atomic E-state index is 0.163. The summed E-state index contributed by atoms with van der Waals surface area (Å²) in [5.41, 5.74) is 4.45. The molecule has 2 fully saturated rings. The van der Waals surface area contributed by atoms with Gasteiger partial charge in [-0.05, 0) is 84.9 Å². The van der Waals surface area contributed by atoms with Crippen LogP contribution < -0.4 is 5.32 Å². The van der Waals surface area contributed by atoms with E-state index in [1.165, 1.54) is 32.1 Å². The number of nitrogens with zero attached hydrogens (tertiary/aromatic N) is 1. The Hall–Kier alpha value is -2.39. The lowest BCUT2D eigenvalue weighted by molar-refractivity contribution is -0.139.